The van der Waals surface area contributed by atoms with E-state index in [9.17, 15) is 24.6 Å². The van der Waals surface area contributed by atoms with Crippen LogP contribution < -0.4 is 0 Å². The lowest BCUT2D eigenvalue weighted by atomic mass is 9.43. The maximum atomic E-state index is 12.4. The number of Topliss-reactive ketones (excluding diaryl/α,β-unsaturated/α-hetero) is 1. The molecule has 0 amide bonds. The van der Waals surface area contributed by atoms with Crippen molar-refractivity contribution in [3.8, 4) is 0 Å². The molecule has 0 spiro atoms. The van der Waals surface area contributed by atoms with Gasteiger partial charge in [0.25, 0.3) is 0 Å². The van der Waals surface area contributed by atoms with Gasteiger partial charge < -0.3 is 24.8 Å². The topological polar surface area (TPSA) is 130 Å². The van der Waals surface area contributed by atoms with E-state index < -0.39 is 23.8 Å². The Bertz CT molecular complexity index is 973. The first kappa shape index (κ1) is 32.4. The number of fused-ring (bicyclic) bond motifs is 5. The third-order valence-electron chi connectivity index (χ3n) is 11.8. The van der Waals surface area contributed by atoms with Crippen LogP contribution in [-0.2, 0) is 23.9 Å². The zero-order chi connectivity index (χ0) is 30.3. The van der Waals surface area contributed by atoms with Crippen LogP contribution in [-0.4, -0.2) is 63.6 Å². The Balaban J connectivity index is 1.41. The van der Waals surface area contributed by atoms with Crippen molar-refractivity contribution < 1.29 is 39.2 Å². The van der Waals surface area contributed by atoms with Gasteiger partial charge in [0.05, 0.1) is 24.7 Å². The van der Waals surface area contributed by atoms with E-state index in [4.69, 9.17) is 14.6 Å². The Morgan fingerprint density at radius 2 is 1.66 bits per heavy atom. The van der Waals surface area contributed by atoms with Gasteiger partial charge in [-0.25, -0.2) is 0 Å². The van der Waals surface area contributed by atoms with Crippen LogP contribution in [0.4, 0.5) is 0 Å². The van der Waals surface area contributed by atoms with E-state index in [0.29, 0.717) is 25.2 Å². The van der Waals surface area contributed by atoms with E-state index in [2.05, 4.69) is 20.8 Å². The van der Waals surface area contributed by atoms with Gasteiger partial charge in [-0.05, 0) is 118 Å². The number of carbonyl (C=O) groups is 3. The molecule has 0 radical (unpaired) electrons. The Morgan fingerprint density at radius 1 is 0.951 bits per heavy atom. The van der Waals surface area contributed by atoms with E-state index in [0.717, 1.165) is 38.5 Å². The quantitative estimate of drug-likeness (QED) is 0.303. The van der Waals surface area contributed by atoms with Crippen molar-refractivity contribution in [2.75, 3.05) is 6.61 Å². The molecule has 3 N–H and O–H groups in total. The molecule has 4 saturated carbocycles. The first-order chi connectivity index (χ1) is 19.1. The van der Waals surface area contributed by atoms with E-state index >= 15 is 0 Å². The number of esters is 1. The monoisotopic (exact) mass is 578 g/mol. The minimum absolute atomic E-state index is 0.000199. The second kappa shape index (κ2) is 12.2. The predicted octanol–water partition coefficient (Wildman–Crippen LogP) is 5.16. The van der Waals surface area contributed by atoms with Crippen LogP contribution in [0.25, 0.3) is 0 Å². The number of aliphatic hydroxyl groups excluding tert-OH is 2. The third kappa shape index (κ3) is 6.70. The van der Waals surface area contributed by atoms with Crippen LogP contribution in [0.2, 0.25) is 0 Å². The highest BCUT2D eigenvalue weighted by Gasteiger charge is 2.65. The maximum absolute atomic E-state index is 12.4. The standard InChI is InChI=1S/C33H54O8/c1-19(7-12-29(39)41-31(2,3)4)23-9-10-24-30-25(17-27(36)33(23,24)6)32(5)14-13-22(15-20(32)16-26(30)35)40-18-21(34)8-11-28(37)38/h19-20,22-27,30,35-36H,7-18H2,1-6H3,(H,37,38)/t19-,20+,22+,23-,24?,25+,26-,27+,30+,32+,33-/m1/s1. The molecule has 0 aliphatic heterocycles. The molecule has 8 heteroatoms. The van der Waals surface area contributed by atoms with Crippen LogP contribution in [0.1, 0.15) is 112 Å². The number of carbonyl (C=O) groups excluding carboxylic acids is 2. The molecule has 0 aromatic rings. The SMILES string of the molecule is C[C@H](CCC(=O)OC(C)(C)C)[C@H]1CCC2[C@@H]3[C@H](O)C[C@@H]4C[C@@H](OCC(=O)CCC(=O)O)CC[C@]4(C)[C@H]3C[C@H](O)[C@@]21C. The molecule has 1 unspecified atom stereocenters. The fourth-order valence-corrected chi connectivity index (χ4v) is 9.73. The van der Waals surface area contributed by atoms with E-state index in [-0.39, 0.29) is 77.7 Å². The molecule has 4 aliphatic rings. The zero-order valence-corrected chi connectivity index (χ0v) is 26.1. The van der Waals surface area contributed by atoms with Crippen LogP contribution in [0.5, 0.6) is 0 Å². The molecule has 4 rings (SSSR count). The zero-order valence-electron chi connectivity index (χ0n) is 26.1. The molecule has 4 fully saturated rings. The second-order valence-electron chi connectivity index (χ2n) is 15.3. The molecule has 11 atom stereocenters. The van der Waals surface area contributed by atoms with Crippen LogP contribution >= 0.6 is 0 Å². The summed E-state index contributed by atoms with van der Waals surface area (Å²) in [5.74, 6) is 0.139. The maximum Gasteiger partial charge on any atom is 0.306 e. The summed E-state index contributed by atoms with van der Waals surface area (Å²) in [6.45, 7) is 12.4. The predicted molar refractivity (Wildman–Crippen MR) is 154 cm³/mol. The highest BCUT2D eigenvalue weighted by atomic mass is 16.6. The minimum Gasteiger partial charge on any atom is -0.481 e. The fraction of sp³-hybridized carbons (Fsp3) is 0.909. The lowest BCUT2D eigenvalue weighted by Gasteiger charge is -2.63. The van der Waals surface area contributed by atoms with Crippen LogP contribution in [0.15, 0.2) is 0 Å². The number of carboxylic acids is 1. The molecule has 0 bridgehead atoms. The number of rotatable bonds is 10. The van der Waals surface area contributed by atoms with Crippen molar-refractivity contribution in [2.45, 2.75) is 136 Å². The number of carboxylic acid groups (broad SMARTS) is 1. The number of hydrogen-bond acceptors (Lipinski definition) is 7. The van der Waals surface area contributed by atoms with Crippen LogP contribution in [0.3, 0.4) is 0 Å². The fourth-order valence-electron chi connectivity index (χ4n) is 9.73. The first-order valence-corrected chi connectivity index (χ1v) is 16.0. The summed E-state index contributed by atoms with van der Waals surface area (Å²) in [7, 11) is 0. The molecule has 0 heterocycles. The van der Waals surface area contributed by atoms with Crippen molar-refractivity contribution in [1.82, 2.24) is 0 Å². The average molecular weight is 579 g/mol. The third-order valence-corrected chi connectivity index (χ3v) is 11.8. The largest absolute Gasteiger partial charge is 0.481 e. The molecule has 41 heavy (non-hydrogen) atoms. The van der Waals surface area contributed by atoms with E-state index in [1.165, 1.54) is 0 Å². The van der Waals surface area contributed by atoms with Gasteiger partial charge in [-0.1, -0.05) is 20.8 Å². The Kier molecular flexibility index (Phi) is 9.67. The summed E-state index contributed by atoms with van der Waals surface area (Å²) in [6, 6.07) is 0. The summed E-state index contributed by atoms with van der Waals surface area (Å²) in [4.78, 5) is 35.2. The van der Waals surface area contributed by atoms with Crippen molar-refractivity contribution >= 4 is 17.7 Å². The molecule has 0 saturated heterocycles. The number of hydrogen-bond donors (Lipinski definition) is 3. The normalized spacial score (nSPS) is 41.1. The van der Waals surface area contributed by atoms with Gasteiger partial charge in [0, 0.05) is 12.8 Å². The number of ether oxygens (including phenoxy) is 2. The van der Waals surface area contributed by atoms with Gasteiger partial charge in [-0.2, -0.15) is 0 Å². The Labute approximate surface area is 245 Å². The van der Waals surface area contributed by atoms with E-state index in [1.807, 2.05) is 20.8 Å². The summed E-state index contributed by atoms with van der Waals surface area (Å²) in [5, 5.41) is 32.3. The van der Waals surface area contributed by atoms with E-state index in [1.54, 1.807) is 0 Å². The minimum atomic E-state index is -0.980. The molecular formula is C33H54O8. The highest BCUT2D eigenvalue weighted by Crippen LogP contribution is 2.68. The van der Waals surface area contributed by atoms with Crippen molar-refractivity contribution in [1.29, 1.82) is 0 Å². The van der Waals surface area contributed by atoms with Gasteiger partial charge in [0.2, 0.25) is 0 Å². The number of aliphatic hydroxyl groups is 2. The number of aliphatic carboxylic acids is 1. The number of ketones is 1. The van der Waals surface area contributed by atoms with Crippen LogP contribution in [0, 0.1) is 46.3 Å². The van der Waals surface area contributed by atoms with Crippen molar-refractivity contribution in [3.63, 3.8) is 0 Å². The van der Waals surface area contributed by atoms with Gasteiger partial charge in [-0.3, -0.25) is 14.4 Å². The first-order valence-electron chi connectivity index (χ1n) is 16.0. The summed E-state index contributed by atoms with van der Waals surface area (Å²) in [5.41, 5.74) is -0.774. The van der Waals surface area contributed by atoms with Gasteiger partial charge >= 0.3 is 11.9 Å². The Morgan fingerprint density at radius 3 is 2.32 bits per heavy atom. The average Bonchev–Trinajstić information content (AvgIpc) is 3.23. The van der Waals surface area contributed by atoms with Gasteiger partial charge in [0.1, 0.15) is 12.2 Å². The molecule has 4 aliphatic carbocycles. The molecule has 8 nitrogen and oxygen atoms in total. The summed E-state index contributed by atoms with van der Waals surface area (Å²) in [6.07, 6.45) is 5.97. The van der Waals surface area contributed by atoms with Gasteiger partial charge in [0.15, 0.2) is 5.78 Å². The lowest BCUT2D eigenvalue weighted by molar-refractivity contribution is -0.209. The molecule has 0 aromatic heterocycles. The molecular weight excluding hydrogens is 524 g/mol. The van der Waals surface area contributed by atoms with Crippen molar-refractivity contribution in [2.24, 2.45) is 46.3 Å². The second-order valence-corrected chi connectivity index (χ2v) is 15.3. The summed E-state index contributed by atoms with van der Waals surface area (Å²) >= 11 is 0. The highest BCUT2D eigenvalue weighted by molar-refractivity contribution is 5.83. The Hall–Kier alpha value is -1.51. The lowest BCUT2D eigenvalue weighted by Crippen LogP contribution is -2.62. The smallest absolute Gasteiger partial charge is 0.306 e. The molecule has 0 aromatic carbocycles. The molecule has 234 valence electrons. The van der Waals surface area contributed by atoms with Crippen molar-refractivity contribution in [3.05, 3.63) is 0 Å². The van der Waals surface area contributed by atoms with Gasteiger partial charge in [-0.15, -0.1) is 0 Å². The summed E-state index contributed by atoms with van der Waals surface area (Å²) < 4.78 is 11.5.